The Balaban J connectivity index is 1.69. The van der Waals surface area contributed by atoms with Gasteiger partial charge in [0.25, 0.3) is 5.91 Å². The van der Waals surface area contributed by atoms with Crippen molar-refractivity contribution in [2.75, 3.05) is 13.1 Å². The van der Waals surface area contributed by atoms with E-state index in [-0.39, 0.29) is 5.91 Å². The Bertz CT molecular complexity index is 1290. The minimum Gasteiger partial charge on any atom is -0.339 e. The van der Waals surface area contributed by atoms with E-state index in [1.54, 1.807) is 0 Å². The van der Waals surface area contributed by atoms with Crippen LogP contribution in [0.1, 0.15) is 34.3 Å². The van der Waals surface area contributed by atoms with Crippen LogP contribution in [0.4, 0.5) is 0 Å². The molecule has 4 aromatic rings. The minimum absolute atomic E-state index is 0.0843. The van der Waals surface area contributed by atoms with E-state index >= 15 is 0 Å². The first kappa shape index (κ1) is 19.4. The Labute approximate surface area is 182 Å². The van der Waals surface area contributed by atoms with Gasteiger partial charge < -0.3 is 4.90 Å². The second-order valence-corrected chi connectivity index (χ2v) is 8.36. The number of benzene rings is 3. The lowest BCUT2D eigenvalue weighted by Crippen LogP contribution is -2.27. The fourth-order valence-corrected chi connectivity index (χ4v) is 4.28. The number of likely N-dealkylation sites (tertiary alicyclic amines) is 1. The highest BCUT2D eigenvalue weighted by Crippen LogP contribution is 2.32. The Morgan fingerprint density at radius 2 is 1.32 bits per heavy atom. The van der Waals surface area contributed by atoms with Crippen LogP contribution in [-0.4, -0.2) is 33.9 Å². The first-order valence-electron chi connectivity index (χ1n) is 10.8. The van der Waals surface area contributed by atoms with Gasteiger partial charge in [0, 0.05) is 29.8 Å². The predicted octanol–water partition coefficient (Wildman–Crippen LogP) is 5.82. The largest absolute Gasteiger partial charge is 0.339 e. The van der Waals surface area contributed by atoms with Crippen molar-refractivity contribution in [1.82, 2.24) is 14.9 Å². The average molecular weight is 408 g/mol. The van der Waals surface area contributed by atoms with E-state index in [0.717, 1.165) is 59.5 Å². The molecule has 2 heterocycles. The van der Waals surface area contributed by atoms with Gasteiger partial charge in [-0.3, -0.25) is 4.79 Å². The van der Waals surface area contributed by atoms with Gasteiger partial charge in [-0.1, -0.05) is 47.5 Å². The zero-order chi connectivity index (χ0) is 21.4. The fourth-order valence-electron chi connectivity index (χ4n) is 4.28. The zero-order valence-electron chi connectivity index (χ0n) is 17.9. The van der Waals surface area contributed by atoms with Gasteiger partial charge in [-0.05, 0) is 57.0 Å². The van der Waals surface area contributed by atoms with Crippen molar-refractivity contribution in [2.45, 2.75) is 26.7 Å². The van der Waals surface area contributed by atoms with E-state index in [0.29, 0.717) is 5.56 Å². The quantitative estimate of drug-likeness (QED) is 0.430. The van der Waals surface area contributed by atoms with Crippen molar-refractivity contribution >= 4 is 16.9 Å². The number of carbonyl (C=O) groups excluding carboxylic acids is 1. The van der Waals surface area contributed by atoms with E-state index in [1.165, 1.54) is 11.1 Å². The van der Waals surface area contributed by atoms with E-state index in [2.05, 4.69) is 50.2 Å². The number of rotatable bonds is 3. The lowest BCUT2D eigenvalue weighted by molar-refractivity contribution is 0.0793. The SMILES string of the molecule is Cc1cccc(-c2nc3ccc(C(=O)N4CCCC4)cc3nc2-c2cccc(C)c2)c1. The second-order valence-electron chi connectivity index (χ2n) is 8.36. The maximum atomic E-state index is 12.9. The van der Waals surface area contributed by atoms with Crippen LogP contribution in [0, 0.1) is 13.8 Å². The number of nitrogens with zero attached hydrogens (tertiary/aromatic N) is 3. The summed E-state index contributed by atoms with van der Waals surface area (Å²) in [5, 5.41) is 0. The summed E-state index contributed by atoms with van der Waals surface area (Å²) >= 11 is 0. The van der Waals surface area contributed by atoms with E-state index in [9.17, 15) is 4.79 Å². The molecule has 1 amide bonds. The fraction of sp³-hybridized carbons (Fsp3) is 0.222. The summed E-state index contributed by atoms with van der Waals surface area (Å²) < 4.78 is 0. The molecule has 4 heteroatoms. The smallest absolute Gasteiger partial charge is 0.253 e. The van der Waals surface area contributed by atoms with Gasteiger partial charge in [0.05, 0.1) is 22.4 Å². The van der Waals surface area contributed by atoms with Crippen LogP contribution in [0.3, 0.4) is 0 Å². The number of fused-ring (bicyclic) bond motifs is 1. The number of aryl methyl sites for hydroxylation is 2. The van der Waals surface area contributed by atoms with Crippen molar-refractivity contribution < 1.29 is 4.79 Å². The van der Waals surface area contributed by atoms with Gasteiger partial charge >= 0.3 is 0 Å². The van der Waals surface area contributed by atoms with E-state index < -0.39 is 0 Å². The molecule has 0 radical (unpaired) electrons. The second kappa shape index (κ2) is 7.95. The van der Waals surface area contributed by atoms with Gasteiger partial charge in [-0.15, -0.1) is 0 Å². The number of hydrogen-bond acceptors (Lipinski definition) is 3. The monoisotopic (exact) mass is 407 g/mol. The van der Waals surface area contributed by atoms with Crippen LogP contribution in [0.5, 0.6) is 0 Å². The van der Waals surface area contributed by atoms with Crippen LogP contribution in [0.15, 0.2) is 66.7 Å². The van der Waals surface area contributed by atoms with Crippen LogP contribution in [0.2, 0.25) is 0 Å². The Hall–Kier alpha value is -3.53. The van der Waals surface area contributed by atoms with Crippen molar-refractivity contribution in [3.8, 4) is 22.5 Å². The average Bonchev–Trinajstić information content (AvgIpc) is 3.32. The molecule has 0 atom stereocenters. The van der Waals surface area contributed by atoms with Gasteiger partial charge in [-0.2, -0.15) is 0 Å². The molecule has 3 aromatic carbocycles. The molecule has 0 unspecified atom stereocenters. The molecule has 1 aliphatic rings. The molecule has 0 saturated carbocycles. The van der Waals surface area contributed by atoms with Crippen molar-refractivity contribution in [2.24, 2.45) is 0 Å². The van der Waals surface area contributed by atoms with Crippen molar-refractivity contribution in [3.63, 3.8) is 0 Å². The molecule has 0 bridgehead atoms. The highest BCUT2D eigenvalue weighted by Gasteiger charge is 2.21. The van der Waals surface area contributed by atoms with E-state index in [1.807, 2.05) is 35.2 Å². The summed E-state index contributed by atoms with van der Waals surface area (Å²) in [5.41, 5.74) is 8.36. The van der Waals surface area contributed by atoms with E-state index in [4.69, 9.17) is 9.97 Å². The maximum absolute atomic E-state index is 12.9. The Morgan fingerprint density at radius 3 is 1.90 bits per heavy atom. The summed E-state index contributed by atoms with van der Waals surface area (Å²) in [5.74, 6) is 0.0843. The summed E-state index contributed by atoms with van der Waals surface area (Å²) in [4.78, 5) is 24.9. The molecule has 0 spiro atoms. The number of amides is 1. The van der Waals surface area contributed by atoms with Gasteiger partial charge in [0.2, 0.25) is 0 Å². The highest BCUT2D eigenvalue weighted by molar-refractivity contribution is 5.98. The number of carbonyl (C=O) groups is 1. The lowest BCUT2D eigenvalue weighted by atomic mass is 10.0. The van der Waals surface area contributed by atoms with Crippen LogP contribution in [0.25, 0.3) is 33.5 Å². The lowest BCUT2D eigenvalue weighted by Gasteiger charge is -2.16. The summed E-state index contributed by atoms with van der Waals surface area (Å²) in [6.45, 7) is 5.84. The first-order chi connectivity index (χ1) is 15.1. The molecular weight excluding hydrogens is 382 g/mol. The number of hydrogen-bond donors (Lipinski definition) is 0. The molecule has 1 aliphatic heterocycles. The predicted molar refractivity (Wildman–Crippen MR) is 125 cm³/mol. The molecule has 1 saturated heterocycles. The third-order valence-corrected chi connectivity index (χ3v) is 5.89. The maximum Gasteiger partial charge on any atom is 0.253 e. The normalized spacial score (nSPS) is 13.7. The number of aromatic nitrogens is 2. The zero-order valence-corrected chi connectivity index (χ0v) is 17.9. The highest BCUT2D eigenvalue weighted by atomic mass is 16.2. The third-order valence-electron chi connectivity index (χ3n) is 5.89. The van der Waals surface area contributed by atoms with Gasteiger partial charge in [-0.25, -0.2) is 9.97 Å². The molecule has 1 aromatic heterocycles. The standard InChI is InChI=1S/C27H25N3O/c1-18-7-5-9-20(15-18)25-26(21-10-6-8-19(2)16-21)29-24-17-22(11-12-23(24)28-25)27(31)30-13-3-4-14-30/h5-12,15-17H,3-4,13-14H2,1-2H3. The Morgan fingerprint density at radius 1 is 0.742 bits per heavy atom. The molecule has 31 heavy (non-hydrogen) atoms. The summed E-state index contributed by atoms with van der Waals surface area (Å²) in [6, 6.07) is 22.4. The first-order valence-corrected chi connectivity index (χ1v) is 10.8. The topological polar surface area (TPSA) is 46.1 Å². The molecular formula is C27H25N3O. The third kappa shape index (κ3) is 3.81. The molecule has 154 valence electrons. The van der Waals surface area contributed by atoms with Crippen LogP contribution in [-0.2, 0) is 0 Å². The molecule has 0 aliphatic carbocycles. The van der Waals surface area contributed by atoms with Gasteiger partial charge in [0.1, 0.15) is 0 Å². The van der Waals surface area contributed by atoms with Gasteiger partial charge in [0.15, 0.2) is 0 Å². The molecule has 0 N–H and O–H groups in total. The molecule has 1 fully saturated rings. The van der Waals surface area contributed by atoms with Crippen LogP contribution < -0.4 is 0 Å². The van der Waals surface area contributed by atoms with Crippen molar-refractivity contribution in [3.05, 3.63) is 83.4 Å². The summed E-state index contributed by atoms with van der Waals surface area (Å²) in [6.07, 6.45) is 2.16. The Kier molecular flexibility index (Phi) is 4.99. The minimum atomic E-state index is 0.0843. The summed E-state index contributed by atoms with van der Waals surface area (Å²) in [7, 11) is 0. The van der Waals surface area contributed by atoms with Crippen molar-refractivity contribution in [1.29, 1.82) is 0 Å². The molecule has 5 rings (SSSR count). The molecule has 4 nitrogen and oxygen atoms in total. The van der Waals surface area contributed by atoms with Crippen LogP contribution >= 0.6 is 0 Å².